The molecule has 6 heteroatoms. The first-order chi connectivity index (χ1) is 10.1. The summed E-state index contributed by atoms with van der Waals surface area (Å²) < 4.78 is 0. The fourth-order valence-electron chi connectivity index (χ4n) is 2.22. The molecule has 2 rings (SSSR count). The zero-order valence-electron chi connectivity index (χ0n) is 13.0. The van der Waals surface area contributed by atoms with Crippen LogP contribution in [0.4, 0.5) is 0 Å². The Morgan fingerprint density at radius 3 is 2.45 bits per heavy atom. The van der Waals surface area contributed by atoms with E-state index in [9.17, 15) is 4.79 Å². The van der Waals surface area contributed by atoms with Crippen LogP contribution >= 0.6 is 12.4 Å². The summed E-state index contributed by atoms with van der Waals surface area (Å²) in [4.78, 5) is 14.4. The van der Waals surface area contributed by atoms with Gasteiger partial charge in [0.25, 0.3) is 5.91 Å². The molecule has 22 heavy (non-hydrogen) atoms. The predicted octanol–water partition coefficient (Wildman–Crippen LogP) is 2.09. The van der Waals surface area contributed by atoms with Crippen molar-refractivity contribution in [3.8, 4) is 0 Å². The van der Waals surface area contributed by atoms with Crippen molar-refractivity contribution in [2.24, 2.45) is 5.73 Å². The number of nitrogens with two attached hydrogens (primary N) is 1. The van der Waals surface area contributed by atoms with Gasteiger partial charge >= 0.3 is 0 Å². The van der Waals surface area contributed by atoms with E-state index in [1.54, 1.807) is 4.90 Å². The third kappa shape index (κ3) is 4.32. The van der Waals surface area contributed by atoms with E-state index in [4.69, 9.17) is 5.73 Å². The summed E-state index contributed by atoms with van der Waals surface area (Å²) in [6.07, 6.45) is 0.815. The molecule has 0 saturated heterocycles. The van der Waals surface area contributed by atoms with Crippen LogP contribution in [0.1, 0.15) is 27.3 Å². The lowest BCUT2D eigenvalue weighted by Gasteiger charge is -2.21. The number of aryl methyl sites for hydroxylation is 1. The second kappa shape index (κ2) is 8.56. The Morgan fingerprint density at radius 1 is 1.23 bits per heavy atom. The molecule has 0 bridgehead atoms. The first kappa shape index (κ1) is 18.2. The van der Waals surface area contributed by atoms with Crippen LogP contribution < -0.4 is 5.73 Å². The smallest absolute Gasteiger partial charge is 0.274 e. The third-order valence-electron chi connectivity index (χ3n) is 3.66. The molecule has 0 saturated carbocycles. The molecule has 0 aliphatic heterocycles. The summed E-state index contributed by atoms with van der Waals surface area (Å²) in [5.74, 6) is -0.0572. The van der Waals surface area contributed by atoms with Crippen LogP contribution in [-0.2, 0) is 6.42 Å². The van der Waals surface area contributed by atoms with Gasteiger partial charge in [-0.2, -0.15) is 5.10 Å². The van der Waals surface area contributed by atoms with Crippen LogP contribution in [0.25, 0.3) is 0 Å². The predicted molar refractivity (Wildman–Crippen MR) is 90.4 cm³/mol. The number of aromatic nitrogens is 2. The molecule has 120 valence electrons. The molecule has 3 N–H and O–H groups in total. The molecule has 0 unspecified atom stereocenters. The molecule has 0 radical (unpaired) electrons. The Labute approximate surface area is 137 Å². The third-order valence-corrected chi connectivity index (χ3v) is 3.66. The number of carbonyl (C=O) groups is 1. The molecule has 0 aliphatic carbocycles. The van der Waals surface area contributed by atoms with Crippen molar-refractivity contribution < 1.29 is 4.79 Å². The highest BCUT2D eigenvalue weighted by molar-refractivity contribution is 5.93. The van der Waals surface area contributed by atoms with Gasteiger partial charge in [0, 0.05) is 30.9 Å². The minimum atomic E-state index is -0.0572. The minimum Gasteiger partial charge on any atom is -0.336 e. The average molecular weight is 323 g/mol. The largest absolute Gasteiger partial charge is 0.336 e. The standard InChI is InChI=1S/C16H22N4O.ClH/c1-12-13(2)18-19-15(12)16(21)20(11-9-17)10-8-14-6-4-3-5-7-14;/h3-7H,8-11,17H2,1-2H3,(H,18,19);1H. The number of H-pyrrole nitrogens is 1. The first-order valence-corrected chi connectivity index (χ1v) is 7.18. The van der Waals surface area contributed by atoms with Crippen LogP contribution in [0.15, 0.2) is 30.3 Å². The summed E-state index contributed by atoms with van der Waals surface area (Å²) in [7, 11) is 0. The second-order valence-corrected chi connectivity index (χ2v) is 5.14. The number of halogens is 1. The lowest BCUT2D eigenvalue weighted by molar-refractivity contribution is 0.0755. The number of hydrogen-bond acceptors (Lipinski definition) is 3. The number of benzene rings is 1. The normalized spacial score (nSPS) is 10.1. The van der Waals surface area contributed by atoms with Crippen LogP contribution in [0.2, 0.25) is 0 Å². The zero-order valence-corrected chi connectivity index (χ0v) is 13.8. The molecule has 0 atom stereocenters. The van der Waals surface area contributed by atoms with Crippen molar-refractivity contribution >= 4 is 18.3 Å². The number of hydrogen-bond donors (Lipinski definition) is 2. The van der Waals surface area contributed by atoms with Crippen LogP contribution in [0.3, 0.4) is 0 Å². The first-order valence-electron chi connectivity index (χ1n) is 7.18. The van der Waals surface area contributed by atoms with Gasteiger partial charge in [0.2, 0.25) is 0 Å². The SMILES string of the molecule is Cc1[nH]nc(C(=O)N(CCN)CCc2ccccc2)c1C.Cl. The lowest BCUT2D eigenvalue weighted by atomic mass is 10.1. The highest BCUT2D eigenvalue weighted by Gasteiger charge is 2.20. The van der Waals surface area contributed by atoms with E-state index in [0.29, 0.717) is 25.3 Å². The van der Waals surface area contributed by atoms with Gasteiger partial charge in [-0.3, -0.25) is 9.89 Å². The summed E-state index contributed by atoms with van der Waals surface area (Å²) in [6.45, 7) is 5.45. The van der Waals surface area contributed by atoms with Crippen molar-refractivity contribution in [1.29, 1.82) is 0 Å². The Hall–Kier alpha value is -1.85. The van der Waals surface area contributed by atoms with Crippen molar-refractivity contribution in [3.05, 3.63) is 52.8 Å². The van der Waals surface area contributed by atoms with E-state index in [1.807, 2.05) is 32.0 Å². The van der Waals surface area contributed by atoms with E-state index in [-0.39, 0.29) is 18.3 Å². The quantitative estimate of drug-likeness (QED) is 0.855. The minimum absolute atomic E-state index is 0. The van der Waals surface area contributed by atoms with Gasteiger partial charge < -0.3 is 10.6 Å². The lowest BCUT2D eigenvalue weighted by Crippen LogP contribution is -2.37. The van der Waals surface area contributed by atoms with Gasteiger partial charge in [0.15, 0.2) is 5.69 Å². The van der Waals surface area contributed by atoms with Gasteiger partial charge in [-0.25, -0.2) is 0 Å². The van der Waals surface area contributed by atoms with Gasteiger partial charge in [-0.05, 0) is 25.8 Å². The van der Waals surface area contributed by atoms with Gasteiger partial charge in [0.05, 0.1) is 0 Å². The van der Waals surface area contributed by atoms with Crippen LogP contribution in [0.5, 0.6) is 0 Å². The van der Waals surface area contributed by atoms with Crippen molar-refractivity contribution in [2.45, 2.75) is 20.3 Å². The number of nitrogens with zero attached hydrogens (tertiary/aromatic N) is 2. The molecule has 0 spiro atoms. The fourth-order valence-corrected chi connectivity index (χ4v) is 2.22. The molecule has 2 aromatic rings. The van der Waals surface area contributed by atoms with E-state index in [1.165, 1.54) is 5.56 Å². The van der Waals surface area contributed by atoms with E-state index >= 15 is 0 Å². The highest BCUT2D eigenvalue weighted by Crippen LogP contribution is 2.12. The number of amides is 1. The number of carbonyl (C=O) groups excluding carboxylic acids is 1. The number of aromatic amines is 1. The van der Waals surface area contributed by atoms with Gasteiger partial charge in [-0.1, -0.05) is 30.3 Å². The molecule has 1 aromatic carbocycles. The van der Waals surface area contributed by atoms with Crippen LogP contribution in [0, 0.1) is 13.8 Å². The maximum absolute atomic E-state index is 12.6. The molecule has 0 fully saturated rings. The van der Waals surface area contributed by atoms with Crippen molar-refractivity contribution in [2.75, 3.05) is 19.6 Å². The zero-order chi connectivity index (χ0) is 15.2. The Balaban J connectivity index is 0.00000242. The molecule has 1 amide bonds. The maximum atomic E-state index is 12.6. The topological polar surface area (TPSA) is 75.0 Å². The summed E-state index contributed by atoms with van der Waals surface area (Å²) in [5.41, 5.74) is 9.17. The van der Waals surface area contributed by atoms with Crippen molar-refractivity contribution in [3.63, 3.8) is 0 Å². The molecule has 5 nitrogen and oxygen atoms in total. The Kier molecular flexibility index (Phi) is 7.08. The van der Waals surface area contributed by atoms with Crippen molar-refractivity contribution in [1.82, 2.24) is 15.1 Å². The number of nitrogens with one attached hydrogen (secondary N) is 1. The van der Waals surface area contributed by atoms with E-state index in [0.717, 1.165) is 17.7 Å². The molecule has 0 aliphatic rings. The Bertz CT molecular complexity index is 597. The maximum Gasteiger partial charge on any atom is 0.274 e. The second-order valence-electron chi connectivity index (χ2n) is 5.14. The molecular formula is C16H23ClN4O. The van der Waals surface area contributed by atoms with Gasteiger partial charge in [0.1, 0.15) is 0 Å². The average Bonchev–Trinajstić information content (AvgIpc) is 2.84. The monoisotopic (exact) mass is 322 g/mol. The summed E-state index contributed by atoms with van der Waals surface area (Å²) in [6, 6.07) is 10.1. The highest BCUT2D eigenvalue weighted by atomic mass is 35.5. The molecule has 1 aromatic heterocycles. The number of rotatable bonds is 6. The fraction of sp³-hybridized carbons (Fsp3) is 0.375. The summed E-state index contributed by atoms with van der Waals surface area (Å²) in [5, 5.41) is 6.98. The molecular weight excluding hydrogens is 300 g/mol. The van der Waals surface area contributed by atoms with E-state index in [2.05, 4.69) is 22.3 Å². The van der Waals surface area contributed by atoms with E-state index < -0.39 is 0 Å². The molecule has 1 heterocycles. The van der Waals surface area contributed by atoms with Crippen LogP contribution in [-0.4, -0.2) is 40.6 Å². The van der Waals surface area contributed by atoms with Gasteiger partial charge in [-0.15, -0.1) is 12.4 Å². The Morgan fingerprint density at radius 2 is 1.91 bits per heavy atom. The summed E-state index contributed by atoms with van der Waals surface area (Å²) >= 11 is 0.